The van der Waals surface area contributed by atoms with Crippen LogP contribution in [0, 0.1) is 5.82 Å². The van der Waals surface area contributed by atoms with Crippen LogP contribution in [-0.2, 0) is 0 Å². The molecule has 0 aliphatic rings. The summed E-state index contributed by atoms with van der Waals surface area (Å²) in [5, 5.41) is 4.34. The van der Waals surface area contributed by atoms with Crippen LogP contribution in [0.25, 0.3) is 16.9 Å². The highest BCUT2D eigenvalue weighted by Gasteiger charge is 2.22. The van der Waals surface area contributed by atoms with Crippen molar-refractivity contribution in [1.29, 1.82) is 0 Å². The van der Waals surface area contributed by atoms with Crippen LogP contribution in [0.2, 0.25) is 5.02 Å². The minimum atomic E-state index is -0.719. The van der Waals surface area contributed by atoms with Crippen LogP contribution in [-0.4, -0.2) is 15.7 Å². The molecule has 0 atom stereocenters. The predicted octanol–water partition coefficient (Wildman–Crippen LogP) is 3.43. The lowest BCUT2D eigenvalue weighted by atomic mass is 10.1. The number of carbonyl (C=O) groups excluding carboxylic acids is 1. The highest BCUT2D eigenvalue weighted by Crippen LogP contribution is 2.33. The molecule has 1 heterocycles. The van der Waals surface area contributed by atoms with Gasteiger partial charge in [-0.3, -0.25) is 4.79 Å². The zero-order chi connectivity index (χ0) is 15.7. The average molecular weight is 316 g/mol. The van der Waals surface area contributed by atoms with E-state index in [0.29, 0.717) is 11.3 Å². The molecule has 0 aliphatic carbocycles. The Morgan fingerprint density at radius 2 is 1.73 bits per heavy atom. The average Bonchev–Trinajstić information content (AvgIpc) is 2.87. The van der Waals surface area contributed by atoms with E-state index in [2.05, 4.69) is 5.10 Å². The Hall–Kier alpha value is -2.66. The summed E-state index contributed by atoms with van der Waals surface area (Å²) in [6.07, 6.45) is 0. The third-order valence-electron chi connectivity index (χ3n) is 3.18. The Kier molecular flexibility index (Phi) is 3.65. The van der Waals surface area contributed by atoms with E-state index >= 15 is 0 Å². The highest BCUT2D eigenvalue weighted by atomic mass is 35.5. The Balaban J connectivity index is 2.27. The first kappa shape index (κ1) is 14.3. The van der Waals surface area contributed by atoms with Crippen LogP contribution in [0.1, 0.15) is 10.5 Å². The van der Waals surface area contributed by atoms with Crippen molar-refractivity contribution in [2.45, 2.75) is 0 Å². The molecule has 0 saturated carbocycles. The molecular weight excluding hydrogens is 305 g/mol. The molecule has 3 aromatic rings. The standard InChI is InChI=1S/C16H11ClFN3O/c17-13-14(16(19)22)20-21(12-4-2-1-3-5-12)15(13)10-6-8-11(18)9-7-10/h1-9H,(H2,19,22). The Morgan fingerprint density at radius 1 is 1.09 bits per heavy atom. The van der Waals surface area contributed by atoms with E-state index in [1.807, 2.05) is 30.3 Å². The summed E-state index contributed by atoms with van der Waals surface area (Å²) in [6.45, 7) is 0. The van der Waals surface area contributed by atoms with Crippen molar-refractivity contribution >= 4 is 17.5 Å². The van der Waals surface area contributed by atoms with Crippen LogP contribution in [0.3, 0.4) is 0 Å². The smallest absolute Gasteiger partial charge is 0.270 e. The van der Waals surface area contributed by atoms with Gasteiger partial charge in [0.05, 0.1) is 11.4 Å². The number of para-hydroxylation sites is 1. The van der Waals surface area contributed by atoms with Gasteiger partial charge in [-0.2, -0.15) is 5.10 Å². The van der Waals surface area contributed by atoms with Gasteiger partial charge in [0.15, 0.2) is 5.69 Å². The van der Waals surface area contributed by atoms with Gasteiger partial charge >= 0.3 is 0 Å². The number of primary amides is 1. The normalized spacial score (nSPS) is 10.6. The lowest BCUT2D eigenvalue weighted by molar-refractivity contribution is 0.0995. The minimum absolute atomic E-state index is 0.0233. The first-order chi connectivity index (χ1) is 10.6. The van der Waals surface area contributed by atoms with Crippen molar-refractivity contribution in [3.8, 4) is 16.9 Å². The fourth-order valence-electron chi connectivity index (χ4n) is 2.17. The highest BCUT2D eigenvalue weighted by molar-refractivity contribution is 6.36. The van der Waals surface area contributed by atoms with E-state index in [9.17, 15) is 9.18 Å². The van der Waals surface area contributed by atoms with Crippen molar-refractivity contribution in [1.82, 2.24) is 9.78 Å². The first-order valence-electron chi connectivity index (χ1n) is 6.47. The van der Waals surface area contributed by atoms with Gasteiger partial charge in [0.1, 0.15) is 10.8 Å². The quantitative estimate of drug-likeness (QED) is 0.805. The predicted molar refractivity (Wildman–Crippen MR) is 82.5 cm³/mol. The molecule has 0 fully saturated rings. The van der Waals surface area contributed by atoms with Crippen LogP contribution < -0.4 is 5.73 Å². The monoisotopic (exact) mass is 315 g/mol. The van der Waals surface area contributed by atoms with Gasteiger partial charge in [-0.25, -0.2) is 9.07 Å². The van der Waals surface area contributed by atoms with Crippen molar-refractivity contribution < 1.29 is 9.18 Å². The minimum Gasteiger partial charge on any atom is -0.364 e. The molecular formula is C16H11ClFN3O. The third-order valence-corrected chi connectivity index (χ3v) is 3.54. The Morgan fingerprint density at radius 3 is 2.32 bits per heavy atom. The molecule has 0 radical (unpaired) electrons. The van der Waals surface area contributed by atoms with E-state index in [4.69, 9.17) is 17.3 Å². The maximum absolute atomic E-state index is 13.1. The first-order valence-corrected chi connectivity index (χ1v) is 6.85. The molecule has 3 rings (SSSR count). The molecule has 0 saturated heterocycles. The molecule has 1 amide bonds. The SMILES string of the molecule is NC(=O)c1nn(-c2ccccc2)c(-c2ccc(F)cc2)c1Cl. The van der Waals surface area contributed by atoms with Crippen molar-refractivity contribution in [2.24, 2.45) is 5.73 Å². The molecule has 0 unspecified atom stereocenters. The lowest BCUT2D eigenvalue weighted by Gasteiger charge is -2.08. The lowest BCUT2D eigenvalue weighted by Crippen LogP contribution is -2.12. The molecule has 0 spiro atoms. The van der Waals surface area contributed by atoms with E-state index in [0.717, 1.165) is 5.69 Å². The summed E-state index contributed by atoms with van der Waals surface area (Å²) in [4.78, 5) is 11.5. The fourth-order valence-corrected chi connectivity index (χ4v) is 2.49. The second-order valence-electron chi connectivity index (χ2n) is 4.63. The number of hydrogen-bond acceptors (Lipinski definition) is 2. The van der Waals surface area contributed by atoms with Gasteiger partial charge in [-0.1, -0.05) is 29.8 Å². The summed E-state index contributed by atoms with van der Waals surface area (Å²) in [5.74, 6) is -1.08. The molecule has 0 bridgehead atoms. The molecule has 4 nitrogen and oxygen atoms in total. The van der Waals surface area contributed by atoms with E-state index in [1.54, 1.807) is 12.1 Å². The summed E-state index contributed by atoms with van der Waals surface area (Å²) in [6, 6.07) is 15.0. The van der Waals surface area contributed by atoms with E-state index in [1.165, 1.54) is 16.8 Å². The zero-order valence-electron chi connectivity index (χ0n) is 11.3. The fraction of sp³-hybridized carbons (Fsp3) is 0. The van der Waals surface area contributed by atoms with Gasteiger partial charge in [-0.05, 0) is 36.4 Å². The Bertz CT molecular complexity index is 829. The number of amides is 1. The van der Waals surface area contributed by atoms with Gasteiger partial charge in [-0.15, -0.1) is 0 Å². The molecule has 110 valence electrons. The van der Waals surface area contributed by atoms with Crippen molar-refractivity contribution in [2.75, 3.05) is 0 Å². The molecule has 6 heteroatoms. The number of benzene rings is 2. The van der Waals surface area contributed by atoms with Gasteiger partial charge in [0.2, 0.25) is 0 Å². The number of halogens is 2. The topological polar surface area (TPSA) is 60.9 Å². The van der Waals surface area contributed by atoms with Crippen LogP contribution in [0.15, 0.2) is 54.6 Å². The number of nitrogens with two attached hydrogens (primary N) is 1. The summed E-state index contributed by atoms with van der Waals surface area (Å²) in [7, 11) is 0. The summed E-state index contributed by atoms with van der Waals surface area (Å²) >= 11 is 6.27. The summed E-state index contributed by atoms with van der Waals surface area (Å²) < 4.78 is 14.7. The number of nitrogens with zero attached hydrogens (tertiary/aromatic N) is 2. The maximum atomic E-state index is 13.1. The molecule has 22 heavy (non-hydrogen) atoms. The van der Waals surface area contributed by atoms with E-state index in [-0.39, 0.29) is 16.5 Å². The number of hydrogen-bond donors (Lipinski definition) is 1. The number of carbonyl (C=O) groups is 1. The van der Waals surface area contributed by atoms with Gasteiger partial charge < -0.3 is 5.73 Å². The van der Waals surface area contributed by atoms with Crippen molar-refractivity contribution in [3.05, 3.63) is 71.1 Å². The molecule has 2 N–H and O–H groups in total. The van der Waals surface area contributed by atoms with Crippen LogP contribution >= 0.6 is 11.6 Å². The molecule has 0 aliphatic heterocycles. The van der Waals surface area contributed by atoms with Gasteiger partial charge in [0, 0.05) is 5.56 Å². The second kappa shape index (κ2) is 5.61. The molecule has 2 aromatic carbocycles. The van der Waals surface area contributed by atoms with E-state index < -0.39 is 5.91 Å². The van der Waals surface area contributed by atoms with Gasteiger partial charge in [0.25, 0.3) is 5.91 Å². The van der Waals surface area contributed by atoms with Crippen molar-refractivity contribution in [3.63, 3.8) is 0 Å². The Labute approximate surface area is 130 Å². The number of rotatable bonds is 3. The maximum Gasteiger partial charge on any atom is 0.270 e. The number of aromatic nitrogens is 2. The molecule has 1 aromatic heterocycles. The van der Waals surface area contributed by atoms with Crippen LogP contribution in [0.5, 0.6) is 0 Å². The largest absolute Gasteiger partial charge is 0.364 e. The zero-order valence-corrected chi connectivity index (χ0v) is 12.1. The second-order valence-corrected chi connectivity index (χ2v) is 5.01. The third kappa shape index (κ3) is 2.46. The summed E-state index contributed by atoms with van der Waals surface area (Å²) in [5.41, 5.74) is 7.14. The van der Waals surface area contributed by atoms with Crippen LogP contribution in [0.4, 0.5) is 4.39 Å².